The van der Waals surface area contributed by atoms with Crippen LogP contribution in [0.25, 0.3) is 0 Å². The van der Waals surface area contributed by atoms with E-state index in [0.29, 0.717) is 13.2 Å². The molecule has 0 aromatic heterocycles. The first-order valence-electron chi connectivity index (χ1n) is 10.3. The number of carbonyl (C=O) groups excluding carboxylic acids is 1. The fourth-order valence-corrected chi connectivity index (χ4v) is 4.77. The van der Waals surface area contributed by atoms with Crippen LogP contribution >= 0.6 is 0 Å². The van der Waals surface area contributed by atoms with Crippen molar-refractivity contribution in [2.75, 3.05) is 33.4 Å². The molecule has 1 saturated heterocycles. The highest BCUT2D eigenvalue weighted by atomic mass is 16.6. The molecule has 0 radical (unpaired) electrons. The molecule has 0 bridgehead atoms. The summed E-state index contributed by atoms with van der Waals surface area (Å²) in [5, 5.41) is 3.35. The molecule has 1 atom stereocenters. The smallest absolute Gasteiger partial charge is 0.252 e. The Morgan fingerprint density at radius 1 is 1.14 bits per heavy atom. The van der Waals surface area contributed by atoms with E-state index in [9.17, 15) is 4.79 Å². The number of fused-ring (bicyclic) bond motifs is 2. The fourth-order valence-electron chi connectivity index (χ4n) is 4.77. The van der Waals surface area contributed by atoms with Crippen molar-refractivity contribution < 1.29 is 19.0 Å². The van der Waals surface area contributed by atoms with Crippen molar-refractivity contribution in [1.29, 1.82) is 0 Å². The number of hydrogen-bond acceptors (Lipinski definition) is 5. The van der Waals surface area contributed by atoms with Crippen LogP contribution in [-0.4, -0.2) is 49.8 Å². The Kier molecular flexibility index (Phi) is 4.59. The molecule has 2 aromatic rings. The Bertz CT molecular complexity index is 944. The number of nitrogens with one attached hydrogen (secondary N) is 1. The van der Waals surface area contributed by atoms with Crippen LogP contribution in [0.4, 0.5) is 0 Å². The van der Waals surface area contributed by atoms with Crippen LogP contribution in [0.5, 0.6) is 17.2 Å². The highest BCUT2D eigenvalue weighted by Gasteiger charge is 2.41. The van der Waals surface area contributed by atoms with E-state index in [0.717, 1.165) is 72.8 Å². The lowest BCUT2D eigenvalue weighted by Crippen LogP contribution is -2.49. The van der Waals surface area contributed by atoms with Crippen molar-refractivity contribution in [3.05, 3.63) is 53.1 Å². The predicted molar refractivity (Wildman–Crippen MR) is 109 cm³/mol. The first-order chi connectivity index (χ1) is 14.2. The Hall–Kier alpha value is -2.73. The average Bonchev–Trinajstić information content (AvgIpc) is 3.07. The number of amides is 1. The molecule has 2 aromatic carbocycles. The predicted octanol–water partition coefficient (Wildman–Crippen LogP) is 2.79. The molecule has 152 valence electrons. The fraction of sp³-hybridized carbons (Fsp3) is 0.435. The minimum atomic E-state index is -0.169. The van der Waals surface area contributed by atoms with Gasteiger partial charge in [-0.1, -0.05) is 18.2 Å². The summed E-state index contributed by atoms with van der Waals surface area (Å²) in [6, 6.07) is 11.9. The second kappa shape index (κ2) is 7.26. The van der Waals surface area contributed by atoms with Crippen LogP contribution in [0.1, 0.15) is 34.3 Å². The van der Waals surface area contributed by atoms with Gasteiger partial charge in [0.05, 0.1) is 12.6 Å². The van der Waals surface area contributed by atoms with Crippen LogP contribution in [0.2, 0.25) is 0 Å². The number of nitrogens with zero attached hydrogens (tertiary/aromatic N) is 1. The second-order valence-electron chi connectivity index (χ2n) is 8.16. The molecular weight excluding hydrogens is 368 g/mol. The number of aryl methyl sites for hydroxylation is 1. The Balaban J connectivity index is 1.34. The van der Waals surface area contributed by atoms with E-state index in [4.69, 9.17) is 14.2 Å². The monoisotopic (exact) mass is 394 g/mol. The van der Waals surface area contributed by atoms with Crippen molar-refractivity contribution in [3.8, 4) is 17.2 Å². The lowest BCUT2D eigenvalue weighted by molar-refractivity contribution is 0.0902. The summed E-state index contributed by atoms with van der Waals surface area (Å²) in [4.78, 5) is 15.2. The van der Waals surface area contributed by atoms with Crippen molar-refractivity contribution in [2.24, 2.45) is 0 Å². The van der Waals surface area contributed by atoms with Crippen molar-refractivity contribution in [3.63, 3.8) is 0 Å². The molecule has 0 saturated carbocycles. The topological polar surface area (TPSA) is 60.0 Å². The number of ether oxygens (including phenoxy) is 3. The largest absolute Gasteiger partial charge is 0.496 e. The number of carbonyl (C=O) groups is 1. The van der Waals surface area contributed by atoms with Crippen LogP contribution in [-0.2, 0) is 13.0 Å². The van der Waals surface area contributed by atoms with Crippen LogP contribution in [0.3, 0.4) is 0 Å². The van der Waals surface area contributed by atoms with E-state index < -0.39 is 0 Å². The Labute approximate surface area is 170 Å². The van der Waals surface area contributed by atoms with E-state index in [1.165, 1.54) is 0 Å². The van der Waals surface area contributed by atoms with Gasteiger partial charge in [0.1, 0.15) is 19.0 Å². The second-order valence-corrected chi connectivity index (χ2v) is 8.16. The molecule has 3 heterocycles. The van der Waals surface area contributed by atoms with Crippen molar-refractivity contribution in [1.82, 2.24) is 10.2 Å². The van der Waals surface area contributed by atoms with Crippen molar-refractivity contribution >= 4 is 5.91 Å². The molecule has 29 heavy (non-hydrogen) atoms. The van der Waals surface area contributed by atoms with Gasteiger partial charge in [-0.3, -0.25) is 9.69 Å². The molecule has 1 spiro atoms. The standard InChI is InChI=1S/C23H26N2O4/c1-27-19-13-21-20(28-10-11-29-21)12-17(19)14-25-9-8-23(15-25)7-6-16-4-2-3-5-18(16)22(26)24-23/h2-5,12-13H,6-11,14-15H2,1H3,(H,24,26)/t23-/m0/s1. The van der Waals surface area contributed by atoms with Gasteiger partial charge in [-0.2, -0.15) is 0 Å². The minimum Gasteiger partial charge on any atom is -0.496 e. The third-order valence-electron chi connectivity index (χ3n) is 6.29. The van der Waals surface area contributed by atoms with Gasteiger partial charge in [-0.25, -0.2) is 0 Å². The summed E-state index contributed by atoms with van der Waals surface area (Å²) in [5.41, 5.74) is 2.87. The molecule has 3 aliphatic heterocycles. The number of benzene rings is 2. The number of likely N-dealkylation sites (tertiary alicyclic amines) is 1. The molecule has 1 N–H and O–H groups in total. The van der Waals surface area contributed by atoms with Gasteiger partial charge in [0.25, 0.3) is 5.91 Å². The van der Waals surface area contributed by atoms with E-state index >= 15 is 0 Å². The molecule has 1 amide bonds. The highest BCUT2D eigenvalue weighted by molar-refractivity contribution is 5.96. The summed E-state index contributed by atoms with van der Waals surface area (Å²) in [7, 11) is 1.68. The lowest BCUT2D eigenvalue weighted by Gasteiger charge is -2.29. The molecule has 3 aliphatic rings. The SMILES string of the molecule is COc1cc2c(cc1CN1CC[C@@]3(CCc4ccccc4C(=O)N3)C1)OCCO2. The van der Waals surface area contributed by atoms with Gasteiger partial charge in [-0.15, -0.1) is 0 Å². The number of methoxy groups -OCH3 is 1. The van der Waals surface area contributed by atoms with E-state index in [-0.39, 0.29) is 11.4 Å². The Morgan fingerprint density at radius 3 is 2.76 bits per heavy atom. The van der Waals surface area contributed by atoms with Crippen LogP contribution in [0, 0.1) is 0 Å². The summed E-state index contributed by atoms with van der Waals surface area (Å²) in [6.07, 6.45) is 2.85. The maximum atomic E-state index is 12.8. The lowest BCUT2D eigenvalue weighted by atomic mass is 9.91. The van der Waals surface area contributed by atoms with Gasteiger partial charge in [0.2, 0.25) is 0 Å². The van der Waals surface area contributed by atoms with E-state index in [2.05, 4.69) is 16.3 Å². The van der Waals surface area contributed by atoms with Gasteiger partial charge in [0, 0.05) is 36.8 Å². The maximum Gasteiger partial charge on any atom is 0.252 e. The molecule has 0 unspecified atom stereocenters. The van der Waals surface area contributed by atoms with Gasteiger partial charge in [-0.05, 0) is 37.0 Å². The van der Waals surface area contributed by atoms with E-state index in [1.54, 1.807) is 7.11 Å². The zero-order valence-corrected chi connectivity index (χ0v) is 16.7. The highest BCUT2D eigenvalue weighted by Crippen LogP contribution is 2.38. The summed E-state index contributed by atoms with van der Waals surface area (Å²) < 4.78 is 17.0. The molecule has 6 nitrogen and oxygen atoms in total. The molecule has 6 heteroatoms. The van der Waals surface area contributed by atoms with Crippen LogP contribution < -0.4 is 19.5 Å². The Morgan fingerprint density at radius 2 is 1.93 bits per heavy atom. The van der Waals surface area contributed by atoms with E-state index in [1.807, 2.05) is 30.3 Å². The summed E-state index contributed by atoms with van der Waals surface area (Å²) in [6.45, 7) is 3.66. The maximum absolute atomic E-state index is 12.8. The molecule has 5 rings (SSSR count). The third kappa shape index (κ3) is 3.42. The normalized spacial score (nSPS) is 23.4. The third-order valence-corrected chi connectivity index (χ3v) is 6.29. The van der Waals surface area contributed by atoms with Crippen molar-refractivity contribution in [2.45, 2.75) is 31.3 Å². The number of hydrogen-bond donors (Lipinski definition) is 1. The average molecular weight is 394 g/mol. The molecule has 1 fully saturated rings. The summed E-state index contributed by atoms with van der Waals surface area (Å²) >= 11 is 0. The minimum absolute atomic E-state index is 0.0526. The molecule has 0 aliphatic carbocycles. The zero-order valence-electron chi connectivity index (χ0n) is 16.7. The first-order valence-corrected chi connectivity index (χ1v) is 10.3. The number of rotatable bonds is 3. The molecular formula is C23H26N2O4. The first kappa shape index (κ1) is 18.3. The quantitative estimate of drug-likeness (QED) is 0.868. The summed E-state index contributed by atoms with van der Waals surface area (Å²) in [5.74, 6) is 2.38. The van der Waals surface area contributed by atoms with Gasteiger partial charge in [0.15, 0.2) is 11.5 Å². The van der Waals surface area contributed by atoms with Crippen LogP contribution in [0.15, 0.2) is 36.4 Å². The van der Waals surface area contributed by atoms with Gasteiger partial charge >= 0.3 is 0 Å². The van der Waals surface area contributed by atoms with Gasteiger partial charge < -0.3 is 19.5 Å². The zero-order chi connectivity index (χ0) is 19.8.